The van der Waals surface area contributed by atoms with Crippen LogP contribution in [-0.2, 0) is 11.3 Å². The molecule has 102 valence electrons. The van der Waals surface area contributed by atoms with Crippen LogP contribution in [0, 0.1) is 0 Å². The second kappa shape index (κ2) is 6.97. The maximum absolute atomic E-state index is 5.46. The Bertz CT molecular complexity index is 408. The molecule has 0 unspecified atom stereocenters. The standard InChI is InChI=1S/C13H20BrNO3/c1-8(2)10-7-9(5-6-18-15)12(16-3)11(14)13(10)17-4/h7-8H,5-6,15H2,1-4H3. The summed E-state index contributed by atoms with van der Waals surface area (Å²) >= 11 is 3.54. The molecule has 0 aliphatic carbocycles. The summed E-state index contributed by atoms with van der Waals surface area (Å²) in [5.74, 6) is 7.03. The molecule has 4 nitrogen and oxygen atoms in total. The summed E-state index contributed by atoms with van der Waals surface area (Å²) in [4.78, 5) is 4.64. The summed E-state index contributed by atoms with van der Waals surface area (Å²) in [6.07, 6.45) is 0.696. The van der Waals surface area contributed by atoms with Crippen molar-refractivity contribution in [3.8, 4) is 11.5 Å². The Balaban J connectivity index is 3.33. The van der Waals surface area contributed by atoms with Gasteiger partial charge in [0.1, 0.15) is 16.0 Å². The molecule has 0 aliphatic heterocycles. The van der Waals surface area contributed by atoms with E-state index in [1.807, 2.05) is 0 Å². The molecule has 0 bridgehead atoms. The van der Waals surface area contributed by atoms with Gasteiger partial charge in [-0.15, -0.1) is 0 Å². The highest BCUT2D eigenvalue weighted by Gasteiger charge is 2.19. The van der Waals surface area contributed by atoms with E-state index in [1.54, 1.807) is 14.2 Å². The lowest BCUT2D eigenvalue weighted by Gasteiger charge is -2.19. The zero-order valence-electron chi connectivity index (χ0n) is 11.2. The fourth-order valence-electron chi connectivity index (χ4n) is 1.90. The van der Waals surface area contributed by atoms with Crippen LogP contribution in [0.5, 0.6) is 11.5 Å². The van der Waals surface area contributed by atoms with Crippen molar-refractivity contribution in [3.05, 3.63) is 21.7 Å². The van der Waals surface area contributed by atoms with Gasteiger partial charge in [0.25, 0.3) is 0 Å². The fourth-order valence-corrected chi connectivity index (χ4v) is 2.71. The van der Waals surface area contributed by atoms with Crippen LogP contribution in [0.1, 0.15) is 30.9 Å². The van der Waals surface area contributed by atoms with E-state index in [0.717, 1.165) is 27.1 Å². The molecule has 18 heavy (non-hydrogen) atoms. The number of halogens is 1. The second-order valence-electron chi connectivity index (χ2n) is 4.28. The van der Waals surface area contributed by atoms with Crippen LogP contribution >= 0.6 is 15.9 Å². The summed E-state index contributed by atoms with van der Waals surface area (Å²) in [5, 5.41) is 0. The minimum Gasteiger partial charge on any atom is -0.495 e. The van der Waals surface area contributed by atoms with Crippen molar-refractivity contribution in [1.82, 2.24) is 0 Å². The zero-order chi connectivity index (χ0) is 13.7. The van der Waals surface area contributed by atoms with Gasteiger partial charge in [-0.1, -0.05) is 13.8 Å². The number of hydrogen-bond donors (Lipinski definition) is 1. The van der Waals surface area contributed by atoms with Crippen LogP contribution in [0.4, 0.5) is 0 Å². The lowest BCUT2D eigenvalue weighted by molar-refractivity contribution is 0.140. The maximum atomic E-state index is 5.46. The van der Waals surface area contributed by atoms with Crippen LogP contribution in [0.3, 0.4) is 0 Å². The van der Waals surface area contributed by atoms with Crippen molar-refractivity contribution in [2.75, 3.05) is 20.8 Å². The molecule has 0 aliphatic rings. The van der Waals surface area contributed by atoms with E-state index in [9.17, 15) is 0 Å². The van der Waals surface area contributed by atoms with Crippen molar-refractivity contribution >= 4 is 15.9 Å². The SMILES string of the molecule is COc1c(CCON)cc(C(C)C)c(OC)c1Br. The van der Waals surface area contributed by atoms with Crippen LogP contribution in [0.25, 0.3) is 0 Å². The molecule has 0 radical (unpaired) electrons. The molecule has 2 N–H and O–H groups in total. The molecular formula is C13H20BrNO3. The van der Waals surface area contributed by atoms with Crippen molar-refractivity contribution < 1.29 is 14.3 Å². The average Bonchev–Trinajstić information content (AvgIpc) is 2.35. The summed E-state index contributed by atoms with van der Waals surface area (Å²) in [7, 11) is 3.30. The van der Waals surface area contributed by atoms with E-state index >= 15 is 0 Å². The molecule has 5 heteroatoms. The van der Waals surface area contributed by atoms with Crippen molar-refractivity contribution in [2.45, 2.75) is 26.2 Å². The number of rotatable bonds is 6. The van der Waals surface area contributed by atoms with Crippen LogP contribution in [0.15, 0.2) is 10.5 Å². The van der Waals surface area contributed by atoms with E-state index in [0.29, 0.717) is 18.9 Å². The number of benzene rings is 1. The zero-order valence-corrected chi connectivity index (χ0v) is 12.8. The first-order valence-electron chi connectivity index (χ1n) is 5.81. The molecular weight excluding hydrogens is 298 g/mol. The van der Waals surface area contributed by atoms with Crippen LogP contribution in [0.2, 0.25) is 0 Å². The quantitative estimate of drug-likeness (QED) is 0.819. The van der Waals surface area contributed by atoms with Gasteiger partial charge in [0.05, 0.1) is 20.8 Å². The van der Waals surface area contributed by atoms with E-state index in [1.165, 1.54) is 0 Å². The third kappa shape index (κ3) is 3.16. The molecule has 0 fully saturated rings. The third-order valence-electron chi connectivity index (χ3n) is 2.80. The minimum absolute atomic E-state index is 0.361. The summed E-state index contributed by atoms with van der Waals surface area (Å²) in [5.41, 5.74) is 2.19. The predicted molar refractivity (Wildman–Crippen MR) is 75.2 cm³/mol. The Morgan fingerprint density at radius 2 is 1.83 bits per heavy atom. The van der Waals surface area contributed by atoms with Gasteiger partial charge in [0.2, 0.25) is 0 Å². The maximum Gasteiger partial charge on any atom is 0.140 e. The van der Waals surface area contributed by atoms with Gasteiger partial charge < -0.3 is 14.3 Å². The highest BCUT2D eigenvalue weighted by atomic mass is 79.9. The van der Waals surface area contributed by atoms with E-state index in [-0.39, 0.29) is 0 Å². The largest absolute Gasteiger partial charge is 0.495 e. The number of methoxy groups -OCH3 is 2. The fraction of sp³-hybridized carbons (Fsp3) is 0.538. The predicted octanol–water partition coefficient (Wildman–Crippen LogP) is 3.02. The Morgan fingerprint density at radius 1 is 1.22 bits per heavy atom. The lowest BCUT2D eigenvalue weighted by atomic mass is 9.97. The van der Waals surface area contributed by atoms with Gasteiger partial charge >= 0.3 is 0 Å². The van der Waals surface area contributed by atoms with Crippen molar-refractivity contribution in [2.24, 2.45) is 5.90 Å². The highest BCUT2D eigenvalue weighted by molar-refractivity contribution is 9.10. The molecule has 0 saturated carbocycles. The Hall–Kier alpha value is -0.780. The van der Waals surface area contributed by atoms with Crippen LogP contribution in [-0.4, -0.2) is 20.8 Å². The van der Waals surface area contributed by atoms with Gasteiger partial charge in [-0.25, -0.2) is 5.90 Å². The molecule has 1 aromatic rings. The summed E-state index contributed by atoms with van der Waals surface area (Å²) in [6.45, 7) is 4.70. The first-order chi connectivity index (χ1) is 8.56. The van der Waals surface area contributed by atoms with Crippen molar-refractivity contribution in [1.29, 1.82) is 0 Å². The molecule has 0 saturated heterocycles. The molecule has 0 amide bonds. The molecule has 1 aromatic carbocycles. The van der Waals surface area contributed by atoms with E-state index in [4.69, 9.17) is 15.4 Å². The third-order valence-corrected chi connectivity index (χ3v) is 3.52. The van der Waals surface area contributed by atoms with Gasteiger partial charge in [0.15, 0.2) is 0 Å². The minimum atomic E-state index is 0.361. The first-order valence-corrected chi connectivity index (χ1v) is 6.61. The second-order valence-corrected chi connectivity index (χ2v) is 5.07. The van der Waals surface area contributed by atoms with Gasteiger partial charge in [-0.3, -0.25) is 0 Å². The number of ether oxygens (including phenoxy) is 2. The Labute approximate surface area is 116 Å². The van der Waals surface area contributed by atoms with Gasteiger partial charge in [-0.05, 0) is 39.0 Å². The topological polar surface area (TPSA) is 53.7 Å². The average molecular weight is 318 g/mol. The molecule has 0 spiro atoms. The molecule has 0 atom stereocenters. The van der Waals surface area contributed by atoms with E-state index in [2.05, 4.69) is 40.7 Å². The Kier molecular flexibility index (Phi) is 5.91. The number of nitrogens with two attached hydrogens (primary N) is 1. The Morgan fingerprint density at radius 3 is 2.28 bits per heavy atom. The molecule has 1 rings (SSSR count). The molecule has 0 heterocycles. The van der Waals surface area contributed by atoms with Crippen molar-refractivity contribution in [3.63, 3.8) is 0 Å². The lowest BCUT2D eigenvalue weighted by Crippen LogP contribution is -2.07. The van der Waals surface area contributed by atoms with Gasteiger partial charge in [0, 0.05) is 6.42 Å². The molecule has 0 aromatic heterocycles. The smallest absolute Gasteiger partial charge is 0.140 e. The van der Waals surface area contributed by atoms with Crippen LogP contribution < -0.4 is 15.4 Å². The van der Waals surface area contributed by atoms with Gasteiger partial charge in [-0.2, -0.15) is 0 Å². The monoisotopic (exact) mass is 317 g/mol. The first kappa shape index (κ1) is 15.3. The summed E-state index contributed by atoms with van der Waals surface area (Å²) < 4.78 is 11.7. The number of hydrogen-bond acceptors (Lipinski definition) is 4. The van der Waals surface area contributed by atoms with E-state index < -0.39 is 0 Å². The highest BCUT2D eigenvalue weighted by Crippen LogP contribution is 2.42. The summed E-state index contributed by atoms with van der Waals surface area (Å²) in [6, 6.07) is 2.09. The normalized spacial score (nSPS) is 10.8.